The Labute approximate surface area is 244 Å². The normalized spacial score (nSPS) is 19.1. The number of halogens is 1. The van der Waals surface area contributed by atoms with Crippen LogP contribution >= 0.6 is 15.9 Å². The number of hydrogen-bond donors (Lipinski definition) is 3. The van der Waals surface area contributed by atoms with Gasteiger partial charge in [-0.05, 0) is 76.7 Å². The summed E-state index contributed by atoms with van der Waals surface area (Å²) in [5.74, 6) is 0.704. The van der Waals surface area contributed by atoms with Gasteiger partial charge in [0.05, 0.1) is 26.0 Å². The van der Waals surface area contributed by atoms with Gasteiger partial charge in [-0.2, -0.15) is 0 Å². The van der Waals surface area contributed by atoms with E-state index in [1.165, 1.54) is 0 Å². The van der Waals surface area contributed by atoms with Crippen molar-refractivity contribution in [3.63, 3.8) is 0 Å². The largest absolute Gasteiger partial charge is 0.497 e. The van der Waals surface area contributed by atoms with Gasteiger partial charge in [0.25, 0.3) is 5.91 Å². The minimum atomic E-state index is -0.101. The van der Waals surface area contributed by atoms with Crippen LogP contribution in [0, 0.1) is 0 Å². The van der Waals surface area contributed by atoms with Gasteiger partial charge in [-0.1, -0.05) is 0 Å². The van der Waals surface area contributed by atoms with Crippen LogP contribution in [-0.2, 0) is 17.7 Å². The first-order valence-electron chi connectivity index (χ1n) is 14.0. The summed E-state index contributed by atoms with van der Waals surface area (Å²) in [5, 5.41) is 6.15. The molecule has 11 heteroatoms. The van der Waals surface area contributed by atoms with E-state index in [0.717, 1.165) is 79.0 Å². The number of nitrogens with zero attached hydrogens (tertiary/aromatic N) is 3. The summed E-state index contributed by atoms with van der Waals surface area (Å²) in [6.07, 6.45) is 2.63. The average Bonchev–Trinajstić information content (AvgIpc) is 3.13. The van der Waals surface area contributed by atoms with Crippen LogP contribution in [0.4, 0.5) is 16.2 Å². The first-order valence-corrected chi connectivity index (χ1v) is 14.8. The number of amides is 3. The number of nitrogens with one attached hydrogen (secondary N) is 2. The lowest BCUT2D eigenvalue weighted by Gasteiger charge is -2.38. The lowest BCUT2D eigenvalue weighted by molar-refractivity contribution is 0.0342. The molecule has 10 nitrogen and oxygen atoms in total. The summed E-state index contributed by atoms with van der Waals surface area (Å²) in [6.45, 7) is 7.64. The molecule has 2 fully saturated rings. The summed E-state index contributed by atoms with van der Waals surface area (Å²) in [7, 11) is 1.66. The van der Waals surface area contributed by atoms with Gasteiger partial charge in [-0.3, -0.25) is 9.69 Å². The Morgan fingerprint density at radius 1 is 1.12 bits per heavy atom. The van der Waals surface area contributed by atoms with Crippen molar-refractivity contribution < 1.29 is 19.1 Å². The summed E-state index contributed by atoms with van der Waals surface area (Å²) in [6, 6.07) is 9.67. The summed E-state index contributed by atoms with van der Waals surface area (Å²) in [5.41, 5.74) is 10.5. The number of carbonyl (C=O) groups is 2. The van der Waals surface area contributed by atoms with E-state index in [0.29, 0.717) is 44.1 Å². The molecule has 0 atom stereocenters. The number of methoxy groups -OCH3 is 1. The molecule has 2 aromatic rings. The standard InChI is InChI=1S/C29H39BrN6O4/c1-39-24-2-3-26-20(17-24)4-10-36(29(38)33-26)23-5-8-34(9-6-23)11-7-32-28(37)21-16-22(27(31)25(30)18-21)19-35-12-14-40-15-13-35/h2-3,16-18,23H,4-15,19,31H2,1H3,(H,32,37)(H,33,38). The average molecular weight is 616 g/mol. The first-order chi connectivity index (χ1) is 19.4. The maximum Gasteiger partial charge on any atom is 0.322 e. The molecule has 4 N–H and O–H groups in total. The van der Waals surface area contributed by atoms with Crippen LogP contribution in [0.2, 0.25) is 0 Å². The SMILES string of the molecule is COc1ccc2c(c1)CCN(C1CCN(CCNC(=O)c3cc(Br)c(N)c(CN4CCOCC4)c3)CC1)C(=O)N2. The number of nitrogens with two attached hydrogens (primary N) is 1. The Kier molecular flexibility index (Phi) is 9.46. The summed E-state index contributed by atoms with van der Waals surface area (Å²) >= 11 is 3.53. The Bertz CT molecular complexity index is 1210. The number of urea groups is 1. The minimum absolute atomic E-state index is 0.0303. The van der Waals surface area contributed by atoms with Crippen molar-refractivity contribution in [1.29, 1.82) is 0 Å². The molecule has 3 heterocycles. The molecular formula is C29H39BrN6O4. The number of fused-ring (bicyclic) bond motifs is 1. The summed E-state index contributed by atoms with van der Waals surface area (Å²) in [4.78, 5) is 32.6. The lowest BCUT2D eigenvalue weighted by Crippen LogP contribution is -2.49. The van der Waals surface area contributed by atoms with E-state index >= 15 is 0 Å². The third kappa shape index (κ3) is 6.88. The third-order valence-corrected chi connectivity index (χ3v) is 8.78. The highest BCUT2D eigenvalue weighted by Crippen LogP contribution is 2.29. The quantitative estimate of drug-likeness (QED) is 0.392. The molecule has 0 aliphatic carbocycles. The van der Waals surface area contributed by atoms with E-state index in [-0.39, 0.29) is 18.0 Å². The maximum absolute atomic E-state index is 13.0. The predicted molar refractivity (Wildman–Crippen MR) is 159 cm³/mol. The number of nitrogen functional groups attached to an aromatic ring is 1. The Balaban J connectivity index is 1.08. The molecule has 216 valence electrons. The number of rotatable bonds is 8. The molecule has 3 aliphatic heterocycles. The van der Waals surface area contributed by atoms with Crippen molar-refractivity contribution in [3.05, 3.63) is 51.5 Å². The van der Waals surface area contributed by atoms with Gasteiger partial charge in [-0.15, -0.1) is 0 Å². The zero-order valence-corrected chi connectivity index (χ0v) is 24.7. The highest BCUT2D eigenvalue weighted by atomic mass is 79.9. The Hall–Kier alpha value is -2.86. The summed E-state index contributed by atoms with van der Waals surface area (Å²) < 4.78 is 11.5. The van der Waals surface area contributed by atoms with Gasteiger partial charge >= 0.3 is 6.03 Å². The second-order valence-corrected chi connectivity index (χ2v) is 11.5. The van der Waals surface area contributed by atoms with Crippen molar-refractivity contribution in [2.75, 3.05) is 77.2 Å². The topological polar surface area (TPSA) is 112 Å². The number of piperidine rings is 1. The molecule has 5 rings (SSSR count). The zero-order chi connectivity index (χ0) is 28.1. The van der Waals surface area contributed by atoms with Crippen LogP contribution in [0.15, 0.2) is 34.8 Å². The van der Waals surface area contributed by atoms with Gasteiger partial charge in [0.1, 0.15) is 5.75 Å². The number of likely N-dealkylation sites (tertiary alicyclic amines) is 1. The molecule has 40 heavy (non-hydrogen) atoms. The van der Waals surface area contributed by atoms with E-state index < -0.39 is 0 Å². The van der Waals surface area contributed by atoms with E-state index in [4.69, 9.17) is 15.2 Å². The Morgan fingerprint density at radius 3 is 2.65 bits per heavy atom. The minimum Gasteiger partial charge on any atom is -0.497 e. The maximum atomic E-state index is 13.0. The van der Waals surface area contributed by atoms with Gasteiger partial charge < -0.3 is 35.6 Å². The van der Waals surface area contributed by atoms with Crippen LogP contribution < -0.4 is 21.1 Å². The molecule has 0 saturated carbocycles. The zero-order valence-electron chi connectivity index (χ0n) is 23.1. The molecule has 2 aromatic carbocycles. The second-order valence-electron chi connectivity index (χ2n) is 10.6. The molecule has 0 aromatic heterocycles. The van der Waals surface area contributed by atoms with Gasteiger partial charge in [-0.25, -0.2) is 4.79 Å². The fourth-order valence-corrected chi connectivity index (χ4v) is 6.23. The van der Waals surface area contributed by atoms with Crippen molar-refractivity contribution in [3.8, 4) is 5.75 Å². The third-order valence-electron chi connectivity index (χ3n) is 8.12. The van der Waals surface area contributed by atoms with Gasteiger partial charge in [0, 0.05) is 74.1 Å². The number of morpholine rings is 1. The molecule has 0 unspecified atom stereocenters. The molecule has 3 aliphatic rings. The van der Waals surface area contributed by atoms with E-state index in [9.17, 15) is 9.59 Å². The Morgan fingerprint density at radius 2 is 1.90 bits per heavy atom. The highest BCUT2D eigenvalue weighted by molar-refractivity contribution is 9.10. The fraction of sp³-hybridized carbons (Fsp3) is 0.517. The second kappa shape index (κ2) is 13.2. The van der Waals surface area contributed by atoms with Crippen molar-refractivity contribution in [1.82, 2.24) is 20.0 Å². The van der Waals surface area contributed by atoms with Crippen LogP contribution in [0.25, 0.3) is 0 Å². The van der Waals surface area contributed by atoms with Crippen LogP contribution in [0.3, 0.4) is 0 Å². The van der Waals surface area contributed by atoms with Gasteiger partial charge in [0.15, 0.2) is 0 Å². The van der Waals surface area contributed by atoms with E-state index in [1.54, 1.807) is 13.2 Å². The predicted octanol–water partition coefficient (Wildman–Crippen LogP) is 3.16. The van der Waals surface area contributed by atoms with Crippen molar-refractivity contribution in [2.24, 2.45) is 0 Å². The number of hydrogen-bond acceptors (Lipinski definition) is 7. The first kappa shape index (κ1) is 28.7. The van der Waals surface area contributed by atoms with E-state index in [2.05, 4.69) is 36.4 Å². The monoisotopic (exact) mass is 614 g/mol. The number of ether oxygens (including phenoxy) is 2. The number of carbonyl (C=O) groups excluding carboxylic acids is 2. The van der Waals surface area contributed by atoms with Crippen molar-refractivity contribution in [2.45, 2.75) is 31.8 Å². The van der Waals surface area contributed by atoms with Crippen LogP contribution in [0.5, 0.6) is 5.75 Å². The highest BCUT2D eigenvalue weighted by Gasteiger charge is 2.30. The number of anilines is 2. The molecule has 3 amide bonds. The molecule has 0 spiro atoms. The van der Waals surface area contributed by atoms with Crippen LogP contribution in [0.1, 0.15) is 34.3 Å². The molecule has 0 radical (unpaired) electrons. The molecular weight excluding hydrogens is 576 g/mol. The van der Waals surface area contributed by atoms with Crippen LogP contribution in [-0.4, -0.2) is 98.8 Å². The molecule has 0 bridgehead atoms. The number of benzene rings is 2. The van der Waals surface area contributed by atoms with E-state index in [1.807, 2.05) is 29.2 Å². The van der Waals surface area contributed by atoms with Crippen molar-refractivity contribution >= 4 is 39.2 Å². The lowest BCUT2D eigenvalue weighted by atomic mass is 10.0. The van der Waals surface area contributed by atoms with Gasteiger partial charge in [0.2, 0.25) is 0 Å². The fourth-order valence-electron chi connectivity index (χ4n) is 5.72. The molecule has 2 saturated heterocycles. The smallest absolute Gasteiger partial charge is 0.322 e.